The number of ether oxygens (including phenoxy) is 3. The van der Waals surface area contributed by atoms with Gasteiger partial charge in [0.1, 0.15) is 17.2 Å². The van der Waals surface area contributed by atoms with Crippen molar-refractivity contribution in [3.63, 3.8) is 0 Å². The molecule has 0 aliphatic rings. The third-order valence-corrected chi connectivity index (χ3v) is 4.95. The van der Waals surface area contributed by atoms with Gasteiger partial charge in [0.25, 0.3) is 0 Å². The maximum absolute atomic E-state index is 12.8. The lowest BCUT2D eigenvalue weighted by Gasteiger charge is -2.15. The zero-order chi connectivity index (χ0) is 23.3. The van der Waals surface area contributed by atoms with Gasteiger partial charge in [-0.05, 0) is 66.6 Å². The van der Waals surface area contributed by atoms with Gasteiger partial charge >= 0.3 is 12.1 Å². The number of unbranched alkanes of at least 4 members (excludes halogenated alkanes) is 1. The Balaban J connectivity index is 1.75. The second-order valence-corrected chi connectivity index (χ2v) is 7.60. The first-order valence-corrected chi connectivity index (χ1v) is 10.5. The minimum absolute atomic E-state index is 0.106. The van der Waals surface area contributed by atoms with E-state index in [9.17, 15) is 18.0 Å². The molecular formula is C24H22ClF3O4. The number of esters is 1. The molecule has 0 aliphatic heterocycles. The van der Waals surface area contributed by atoms with Crippen LogP contribution in [0.3, 0.4) is 0 Å². The first-order chi connectivity index (χ1) is 15.2. The molecule has 170 valence electrons. The maximum atomic E-state index is 12.8. The van der Waals surface area contributed by atoms with Crippen LogP contribution in [-0.4, -0.2) is 18.7 Å². The Kier molecular flexibility index (Phi) is 7.51. The predicted octanol–water partition coefficient (Wildman–Crippen LogP) is 7.41. The summed E-state index contributed by atoms with van der Waals surface area (Å²) in [5.74, 6) is 0.535. The topological polar surface area (TPSA) is 44.8 Å². The standard InChI is InChI=1S/C24H22ClF3O4/c1-3-4-11-30-23(29)15(2)31-19-8-5-16-6-9-20(13-17(16)12-19)32-22-10-7-18(14-21(22)25)24(26,27)28/h5-10,12-15H,3-4,11H2,1-2H3/t15-/m1/s1. The zero-order valence-electron chi connectivity index (χ0n) is 17.5. The molecular weight excluding hydrogens is 445 g/mol. The summed E-state index contributed by atoms with van der Waals surface area (Å²) in [5.41, 5.74) is -0.850. The van der Waals surface area contributed by atoms with E-state index in [-0.39, 0.29) is 10.8 Å². The average molecular weight is 467 g/mol. The molecule has 0 saturated carbocycles. The highest BCUT2D eigenvalue weighted by Crippen LogP contribution is 2.37. The lowest BCUT2D eigenvalue weighted by Crippen LogP contribution is -2.26. The van der Waals surface area contributed by atoms with Crippen LogP contribution in [0.1, 0.15) is 32.3 Å². The third-order valence-electron chi connectivity index (χ3n) is 4.66. The summed E-state index contributed by atoms with van der Waals surface area (Å²) >= 11 is 5.97. The van der Waals surface area contributed by atoms with Crippen LogP contribution in [0.4, 0.5) is 13.2 Å². The highest BCUT2D eigenvalue weighted by Gasteiger charge is 2.31. The van der Waals surface area contributed by atoms with Crippen LogP contribution in [0.25, 0.3) is 10.8 Å². The number of alkyl halides is 3. The van der Waals surface area contributed by atoms with E-state index in [1.54, 1.807) is 37.3 Å². The quantitative estimate of drug-likeness (QED) is 0.256. The molecule has 0 unspecified atom stereocenters. The van der Waals surface area contributed by atoms with Gasteiger partial charge in [0, 0.05) is 0 Å². The Morgan fingerprint density at radius 3 is 2.34 bits per heavy atom. The molecule has 0 amide bonds. The number of benzene rings is 3. The molecule has 0 heterocycles. The molecule has 32 heavy (non-hydrogen) atoms. The van der Waals surface area contributed by atoms with E-state index in [2.05, 4.69) is 0 Å². The van der Waals surface area contributed by atoms with E-state index in [1.165, 1.54) is 6.07 Å². The Hall–Kier alpha value is -2.93. The Labute approximate surface area is 188 Å². The van der Waals surface area contributed by atoms with Crippen molar-refractivity contribution in [2.45, 2.75) is 39.0 Å². The van der Waals surface area contributed by atoms with Gasteiger partial charge < -0.3 is 14.2 Å². The first kappa shape index (κ1) is 23.7. The van der Waals surface area contributed by atoms with Crippen molar-refractivity contribution in [2.75, 3.05) is 6.61 Å². The molecule has 3 aromatic rings. The van der Waals surface area contributed by atoms with Gasteiger partial charge in [0.2, 0.25) is 0 Å². The number of carbonyl (C=O) groups excluding carboxylic acids is 1. The number of rotatable bonds is 8. The van der Waals surface area contributed by atoms with E-state index >= 15 is 0 Å². The predicted molar refractivity (Wildman–Crippen MR) is 116 cm³/mol. The molecule has 8 heteroatoms. The fraction of sp³-hybridized carbons (Fsp3) is 0.292. The molecule has 0 spiro atoms. The molecule has 0 aliphatic carbocycles. The van der Waals surface area contributed by atoms with Crippen LogP contribution in [0.2, 0.25) is 5.02 Å². The summed E-state index contributed by atoms with van der Waals surface area (Å²) in [6.45, 7) is 3.98. The van der Waals surface area contributed by atoms with Crippen molar-refractivity contribution < 1.29 is 32.2 Å². The summed E-state index contributed by atoms with van der Waals surface area (Å²) in [4.78, 5) is 12.0. The normalized spacial score (nSPS) is 12.4. The molecule has 0 bridgehead atoms. The van der Waals surface area contributed by atoms with Crippen LogP contribution in [-0.2, 0) is 15.7 Å². The van der Waals surface area contributed by atoms with Crippen LogP contribution >= 0.6 is 11.6 Å². The van der Waals surface area contributed by atoms with Gasteiger partial charge in [0.15, 0.2) is 6.10 Å². The lowest BCUT2D eigenvalue weighted by molar-refractivity contribution is -0.151. The summed E-state index contributed by atoms with van der Waals surface area (Å²) < 4.78 is 55.0. The van der Waals surface area contributed by atoms with Gasteiger partial charge in [0.05, 0.1) is 17.2 Å². The van der Waals surface area contributed by atoms with Crippen molar-refractivity contribution in [1.82, 2.24) is 0 Å². The van der Waals surface area contributed by atoms with E-state index in [1.807, 2.05) is 13.0 Å². The number of fused-ring (bicyclic) bond motifs is 1. The van der Waals surface area contributed by atoms with Crippen molar-refractivity contribution in [2.24, 2.45) is 0 Å². The van der Waals surface area contributed by atoms with Crippen LogP contribution in [0, 0.1) is 0 Å². The van der Waals surface area contributed by atoms with Crippen molar-refractivity contribution in [3.05, 3.63) is 65.2 Å². The van der Waals surface area contributed by atoms with E-state index < -0.39 is 23.8 Å². The third kappa shape index (κ3) is 6.07. The molecule has 0 fully saturated rings. The maximum Gasteiger partial charge on any atom is 0.416 e. The van der Waals surface area contributed by atoms with Crippen molar-refractivity contribution in [1.29, 1.82) is 0 Å². The number of carbonyl (C=O) groups is 1. The number of hydrogen-bond donors (Lipinski definition) is 0. The highest BCUT2D eigenvalue weighted by molar-refractivity contribution is 6.32. The summed E-state index contributed by atoms with van der Waals surface area (Å²) in [6, 6.07) is 13.4. The van der Waals surface area contributed by atoms with Crippen LogP contribution in [0.5, 0.6) is 17.2 Å². The van der Waals surface area contributed by atoms with Gasteiger partial charge in [-0.15, -0.1) is 0 Å². The van der Waals surface area contributed by atoms with Crippen LogP contribution in [0.15, 0.2) is 54.6 Å². The fourth-order valence-corrected chi connectivity index (χ4v) is 3.13. The Bertz CT molecular complexity index is 1100. The van der Waals surface area contributed by atoms with E-state index in [4.69, 9.17) is 25.8 Å². The molecule has 0 N–H and O–H groups in total. The SMILES string of the molecule is CCCCOC(=O)[C@@H](C)Oc1ccc2ccc(Oc3ccc(C(F)(F)F)cc3Cl)cc2c1. The summed E-state index contributed by atoms with van der Waals surface area (Å²) in [6.07, 6.45) is -3.54. The molecule has 3 aromatic carbocycles. The lowest BCUT2D eigenvalue weighted by atomic mass is 10.1. The molecule has 0 saturated heterocycles. The largest absolute Gasteiger partial charge is 0.479 e. The summed E-state index contributed by atoms with van der Waals surface area (Å²) in [7, 11) is 0. The molecule has 1 atom stereocenters. The smallest absolute Gasteiger partial charge is 0.416 e. The number of halogens is 4. The van der Waals surface area contributed by atoms with Gasteiger partial charge in [-0.1, -0.05) is 37.1 Å². The van der Waals surface area contributed by atoms with Crippen molar-refractivity contribution >= 4 is 28.3 Å². The highest BCUT2D eigenvalue weighted by atomic mass is 35.5. The Morgan fingerprint density at radius 1 is 1.00 bits per heavy atom. The second-order valence-electron chi connectivity index (χ2n) is 7.20. The van der Waals surface area contributed by atoms with Crippen LogP contribution < -0.4 is 9.47 Å². The summed E-state index contributed by atoms with van der Waals surface area (Å²) in [5, 5.41) is 1.50. The van der Waals surface area contributed by atoms with Gasteiger partial charge in [-0.3, -0.25) is 0 Å². The molecule has 0 aromatic heterocycles. The minimum Gasteiger partial charge on any atom is -0.479 e. The zero-order valence-corrected chi connectivity index (χ0v) is 18.3. The van der Waals surface area contributed by atoms with Crippen molar-refractivity contribution in [3.8, 4) is 17.2 Å². The fourth-order valence-electron chi connectivity index (χ4n) is 2.91. The van der Waals surface area contributed by atoms with E-state index in [0.29, 0.717) is 18.1 Å². The molecule has 4 nitrogen and oxygen atoms in total. The van der Waals surface area contributed by atoms with Gasteiger partial charge in [-0.25, -0.2) is 4.79 Å². The monoisotopic (exact) mass is 466 g/mol. The van der Waals surface area contributed by atoms with E-state index in [0.717, 1.165) is 35.7 Å². The van der Waals surface area contributed by atoms with Gasteiger partial charge in [-0.2, -0.15) is 13.2 Å². The molecule has 3 rings (SSSR count). The molecule has 0 radical (unpaired) electrons. The number of hydrogen-bond acceptors (Lipinski definition) is 4. The first-order valence-electron chi connectivity index (χ1n) is 10.1. The average Bonchev–Trinajstić information content (AvgIpc) is 2.74. The Morgan fingerprint density at radius 2 is 1.69 bits per heavy atom. The second kappa shape index (κ2) is 10.1. The minimum atomic E-state index is -4.49.